The second-order valence-electron chi connectivity index (χ2n) is 13.6. The molecule has 53 heavy (non-hydrogen) atoms. The van der Waals surface area contributed by atoms with Gasteiger partial charge in [0.05, 0.1) is 17.4 Å². The van der Waals surface area contributed by atoms with E-state index in [2.05, 4.69) is 164 Å². The van der Waals surface area contributed by atoms with Crippen molar-refractivity contribution in [2.24, 2.45) is 9.98 Å². The van der Waals surface area contributed by atoms with Crippen LogP contribution < -0.4 is 0 Å². The van der Waals surface area contributed by atoms with Crippen LogP contribution in [0.1, 0.15) is 45.1 Å². The first-order chi connectivity index (χ1) is 26.3. The summed E-state index contributed by atoms with van der Waals surface area (Å²) in [6, 6.07) is 71.4. The smallest absolute Gasteiger partial charge is 0.0828 e. The molecule has 2 aliphatic rings. The number of amidine groups is 2. The largest absolute Gasteiger partial charge is 0.438 e. The highest BCUT2D eigenvalue weighted by Gasteiger charge is 2.47. The summed E-state index contributed by atoms with van der Waals surface area (Å²) in [4.78, 5) is 10.4. The third kappa shape index (κ3) is 4.97. The van der Waals surface area contributed by atoms with Crippen LogP contribution in [0.15, 0.2) is 210 Å². The summed E-state index contributed by atoms with van der Waals surface area (Å²) in [6.07, 6.45) is -0.516. The van der Waals surface area contributed by atoms with Gasteiger partial charge in [-0.25, -0.2) is 0 Å². The van der Waals surface area contributed by atoms with Crippen LogP contribution in [-0.4, -0.2) is 11.7 Å². The molecule has 1 aliphatic carbocycles. The molecule has 250 valence electrons. The number of benzene rings is 8. The van der Waals surface area contributed by atoms with Gasteiger partial charge in [-0.3, -0.25) is 4.99 Å². The Morgan fingerprint density at radius 3 is 1.72 bits per heavy atom. The number of hydrogen-bond acceptors (Lipinski definition) is 2. The van der Waals surface area contributed by atoms with Gasteiger partial charge < -0.3 is 10.3 Å². The molecular weight excluding hydrogens is 643 g/mol. The molecular formula is C50H34N3-. The first kappa shape index (κ1) is 30.9. The molecule has 0 aromatic heterocycles. The minimum Gasteiger partial charge on any atom is -0.438 e. The number of nitrogens with zero attached hydrogens (tertiary/aromatic N) is 3. The highest BCUT2D eigenvalue weighted by atomic mass is 15.2. The van der Waals surface area contributed by atoms with Gasteiger partial charge in [-0.2, -0.15) is 0 Å². The van der Waals surface area contributed by atoms with Crippen molar-refractivity contribution in [3.63, 3.8) is 0 Å². The van der Waals surface area contributed by atoms with Crippen molar-refractivity contribution < 1.29 is 0 Å². The van der Waals surface area contributed by atoms with Gasteiger partial charge in [0.2, 0.25) is 0 Å². The lowest BCUT2D eigenvalue weighted by molar-refractivity contribution is 0.768. The second-order valence-corrected chi connectivity index (χ2v) is 13.6. The quantitative estimate of drug-likeness (QED) is 0.168. The molecule has 0 spiro atoms. The van der Waals surface area contributed by atoms with Crippen molar-refractivity contribution in [3.8, 4) is 22.3 Å². The molecule has 0 saturated carbocycles. The van der Waals surface area contributed by atoms with Crippen LogP contribution in [0, 0.1) is 0 Å². The van der Waals surface area contributed by atoms with Gasteiger partial charge >= 0.3 is 0 Å². The van der Waals surface area contributed by atoms with E-state index in [1.54, 1.807) is 0 Å². The Balaban J connectivity index is 1.27. The summed E-state index contributed by atoms with van der Waals surface area (Å²) < 4.78 is 0. The van der Waals surface area contributed by atoms with Gasteiger partial charge in [0, 0.05) is 0 Å². The molecule has 0 saturated heterocycles. The maximum atomic E-state index is 5.32. The minimum absolute atomic E-state index is 0.504. The molecule has 1 unspecified atom stereocenters. The average Bonchev–Trinajstić information content (AvgIpc) is 3.56. The lowest BCUT2D eigenvalue weighted by atomic mass is 9.67. The Kier molecular flexibility index (Phi) is 7.43. The van der Waals surface area contributed by atoms with Crippen molar-refractivity contribution in [2.45, 2.75) is 11.6 Å². The summed E-state index contributed by atoms with van der Waals surface area (Å²) in [5.74, 6) is 1.36. The van der Waals surface area contributed by atoms with Crippen LogP contribution in [-0.2, 0) is 5.41 Å². The molecule has 1 aliphatic heterocycles. The Labute approximate surface area is 309 Å². The van der Waals surface area contributed by atoms with E-state index in [9.17, 15) is 0 Å². The molecule has 1 atom stereocenters. The lowest BCUT2D eigenvalue weighted by Gasteiger charge is -2.34. The van der Waals surface area contributed by atoms with Crippen LogP contribution in [0.3, 0.4) is 0 Å². The molecule has 0 N–H and O–H groups in total. The number of aliphatic imine (C=N–C) groups is 2. The summed E-state index contributed by atoms with van der Waals surface area (Å²) >= 11 is 0. The lowest BCUT2D eigenvalue weighted by Crippen LogP contribution is -2.28. The summed E-state index contributed by atoms with van der Waals surface area (Å²) in [5, 5.41) is 7.66. The zero-order valence-electron chi connectivity index (χ0n) is 29.0. The highest BCUT2D eigenvalue weighted by Crippen LogP contribution is 2.59. The first-order valence-electron chi connectivity index (χ1n) is 18.2. The molecule has 3 heteroatoms. The van der Waals surface area contributed by atoms with Crippen LogP contribution in [0.4, 0.5) is 0 Å². The van der Waals surface area contributed by atoms with Crippen molar-refractivity contribution in [1.29, 1.82) is 0 Å². The Bertz CT molecular complexity index is 2640. The maximum absolute atomic E-state index is 5.32. The zero-order chi connectivity index (χ0) is 35.2. The third-order valence-corrected chi connectivity index (χ3v) is 10.8. The molecule has 1 heterocycles. The Hall–Kier alpha value is -6.84. The van der Waals surface area contributed by atoms with E-state index in [0.29, 0.717) is 11.7 Å². The van der Waals surface area contributed by atoms with E-state index >= 15 is 0 Å². The fourth-order valence-electron chi connectivity index (χ4n) is 8.52. The summed E-state index contributed by atoms with van der Waals surface area (Å²) in [5.41, 5.74) is 12.3. The Morgan fingerprint density at radius 2 is 1.00 bits per heavy atom. The fraction of sp³-hybridized carbons (Fsp3) is 0.0400. The molecule has 0 radical (unpaired) electrons. The van der Waals surface area contributed by atoms with Gasteiger partial charge in [0.1, 0.15) is 0 Å². The molecule has 8 aromatic carbocycles. The van der Waals surface area contributed by atoms with E-state index in [1.807, 2.05) is 36.4 Å². The average molecular weight is 677 g/mol. The van der Waals surface area contributed by atoms with Crippen LogP contribution >= 0.6 is 0 Å². The topological polar surface area (TPSA) is 38.8 Å². The van der Waals surface area contributed by atoms with Gasteiger partial charge in [-0.15, -0.1) is 0 Å². The molecule has 10 rings (SSSR count). The SMILES string of the molecule is c1ccc(C2=NC(c3ccc4ccccc4c3-c3cccc4c3-c3ccccc3C4(c3ccccc3)c3ccccc3)[N-]C(c3ccccc3)=N2)cc1. The van der Waals surface area contributed by atoms with Crippen molar-refractivity contribution in [3.05, 3.63) is 244 Å². The first-order valence-corrected chi connectivity index (χ1v) is 18.2. The fourth-order valence-corrected chi connectivity index (χ4v) is 8.52. The monoisotopic (exact) mass is 676 g/mol. The summed E-state index contributed by atoms with van der Waals surface area (Å²) in [7, 11) is 0. The third-order valence-electron chi connectivity index (χ3n) is 10.8. The van der Waals surface area contributed by atoms with E-state index in [4.69, 9.17) is 15.3 Å². The van der Waals surface area contributed by atoms with E-state index < -0.39 is 11.6 Å². The number of fused-ring (bicyclic) bond motifs is 4. The molecule has 0 amide bonds. The second kappa shape index (κ2) is 12.7. The summed E-state index contributed by atoms with van der Waals surface area (Å²) in [6.45, 7) is 0. The molecule has 3 nitrogen and oxygen atoms in total. The van der Waals surface area contributed by atoms with Gasteiger partial charge in [-0.05, 0) is 72.0 Å². The Morgan fingerprint density at radius 1 is 0.434 bits per heavy atom. The van der Waals surface area contributed by atoms with E-state index in [-0.39, 0.29) is 0 Å². The van der Waals surface area contributed by atoms with Gasteiger partial charge in [-0.1, -0.05) is 206 Å². The van der Waals surface area contributed by atoms with E-state index in [1.165, 1.54) is 49.7 Å². The van der Waals surface area contributed by atoms with Crippen LogP contribution in [0.5, 0.6) is 0 Å². The standard InChI is InChI=1S/C50H34N3/c1-5-19-35(20-6-1)47-51-48(36-21-7-2-8-22-36)53-49(52-47)42-33-32-34-18-13-14-27-39(34)45(42)41-29-17-31-44-46(41)40-28-15-16-30-43(40)50(44,37-23-9-3-10-24-37)38-25-11-4-12-26-38/h1-33,49H/q-1. The van der Waals surface area contributed by atoms with Gasteiger partial charge in [0.15, 0.2) is 0 Å². The van der Waals surface area contributed by atoms with Gasteiger partial charge in [0.25, 0.3) is 0 Å². The number of hydrogen-bond donors (Lipinski definition) is 0. The van der Waals surface area contributed by atoms with Crippen LogP contribution in [0.25, 0.3) is 38.3 Å². The number of rotatable bonds is 6. The predicted octanol–water partition coefficient (Wildman–Crippen LogP) is 12.1. The van der Waals surface area contributed by atoms with E-state index in [0.717, 1.165) is 22.3 Å². The normalized spacial score (nSPS) is 15.5. The maximum Gasteiger partial charge on any atom is 0.0828 e. The van der Waals surface area contributed by atoms with Crippen molar-refractivity contribution in [1.82, 2.24) is 0 Å². The molecule has 0 fully saturated rings. The minimum atomic E-state index is -0.516. The highest BCUT2D eigenvalue weighted by molar-refractivity contribution is 6.19. The zero-order valence-corrected chi connectivity index (χ0v) is 29.0. The molecule has 0 bridgehead atoms. The van der Waals surface area contributed by atoms with Crippen LogP contribution in [0.2, 0.25) is 0 Å². The van der Waals surface area contributed by atoms with Crippen molar-refractivity contribution >= 4 is 22.4 Å². The molecule has 8 aromatic rings. The van der Waals surface area contributed by atoms with Crippen molar-refractivity contribution in [2.75, 3.05) is 0 Å². The predicted molar refractivity (Wildman–Crippen MR) is 219 cm³/mol.